The summed E-state index contributed by atoms with van der Waals surface area (Å²) in [4.78, 5) is 11.6. The standard InChI is InChI=1S/C12H12FNO2S/c1-8(6-12(15)16-2)17-11-5-3-4-10(13)9(11)7-14/h3-5,8H,6H2,1-2H3. The lowest BCUT2D eigenvalue weighted by Gasteiger charge is -2.10. The van der Waals surface area contributed by atoms with E-state index in [1.807, 2.05) is 13.0 Å². The molecule has 1 unspecified atom stereocenters. The molecule has 0 aromatic heterocycles. The predicted molar refractivity (Wildman–Crippen MR) is 63.1 cm³/mol. The Morgan fingerprint density at radius 2 is 2.35 bits per heavy atom. The van der Waals surface area contributed by atoms with Crippen molar-refractivity contribution in [2.24, 2.45) is 0 Å². The van der Waals surface area contributed by atoms with Gasteiger partial charge in [-0.3, -0.25) is 4.79 Å². The number of hydrogen-bond donors (Lipinski definition) is 0. The second kappa shape index (κ2) is 6.26. The molecule has 3 nitrogen and oxygen atoms in total. The number of hydrogen-bond acceptors (Lipinski definition) is 4. The lowest BCUT2D eigenvalue weighted by atomic mass is 10.2. The van der Waals surface area contributed by atoms with E-state index in [4.69, 9.17) is 5.26 Å². The van der Waals surface area contributed by atoms with Crippen LogP contribution in [0, 0.1) is 17.1 Å². The van der Waals surface area contributed by atoms with Gasteiger partial charge in [0.25, 0.3) is 0 Å². The quantitative estimate of drug-likeness (QED) is 0.611. The van der Waals surface area contributed by atoms with Gasteiger partial charge in [0.05, 0.1) is 13.5 Å². The molecule has 0 fully saturated rings. The molecule has 17 heavy (non-hydrogen) atoms. The van der Waals surface area contributed by atoms with Gasteiger partial charge in [-0.2, -0.15) is 5.26 Å². The second-order valence-corrected chi connectivity index (χ2v) is 4.91. The third-order valence-electron chi connectivity index (χ3n) is 2.10. The maximum atomic E-state index is 13.3. The van der Waals surface area contributed by atoms with Crippen LogP contribution in [0.2, 0.25) is 0 Å². The van der Waals surface area contributed by atoms with Crippen molar-refractivity contribution in [1.82, 2.24) is 0 Å². The van der Waals surface area contributed by atoms with E-state index >= 15 is 0 Å². The van der Waals surface area contributed by atoms with Crippen LogP contribution in [0.15, 0.2) is 23.1 Å². The molecule has 0 radical (unpaired) electrons. The third-order valence-corrected chi connectivity index (χ3v) is 3.26. The van der Waals surface area contributed by atoms with Crippen LogP contribution in [-0.4, -0.2) is 18.3 Å². The zero-order valence-electron chi connectivity index (χ0n) is 9.57. The second-order valence-electron chi connectivity index (χ2n) is 3.43. The minimum atomic E-state index is -0.539. The summed E-state index contributed by atoms with van der Waals surface area (Å²) in [6, 6.07) is 6.28. The van der Waals surface area contributed by atoms with Crippen molar-refractivity contribution in [1.29, 1.82) is 5.26 Å². The predicted octanol–water partition coefficient (Wildman–Crippen LogP) is 2.74. The van der Waals surface area contributed by atoms with Gasteiger partial charge in [-0.15, -0.1) is 11.8 Å². The number of nitrogens with zero attached hydrogens (tertiary/aromatic N) is 1. The Balaban J connectivity index is 2.79. The molecule has 0 amide bonds. The fraction of sp³-hybridized carbons (Fsp3) is 0.333. The van der Waals surface area contributed by atoms with Crippen LogP contribution in [0.5, 0.6) is 0 Å². The molecule has 5 heteroatoms. The molecule has 1 rings (SSSR count). The molecule has 1 aromatic rings. The van der Waals surface area contributed by atoms with Gasteiger partial charge in [0.1, 0.15) is 17.4 Å². The van der Waals surface area contributed by atoms with E-state index in [-0.39, 0.29) is 23.2 Å². The molecule has 0 saturated carbocycles. The van der Waals surface area contributed by atoms with Crippen molar-refractivity contribution in [2.75, 3.05) is 7.11 Å². The van der Waals surface area contributed by atoms with E-state index in [0.717, 1.165) is 0 Å². The molecule has 1 atom stereocenters. The van der Waals surface area contributed by atoms with E-state index in [9.17, 15) is 9.18 Å². The molecular weight excluding hydrogens is 241 g/mol. The summed E-state index contributed by atoms with van der Waals surface area (Å²) in [5.41, 5.74) is 0.0224. The summed E-state index contributed by atoms with van der Waals surface area (Å²) >= 11 is 1.29. The first-order chi connectivity index (χ1) is 8.08. The number of methoxy groups -OCH3 is 1. The summed E-state index contributed by atoms with van der Waals surface area (Å²) in [5.74, 6) is -0.859. The Morgan fingerprint density at radius 1 is 1.65 bits per heavy atom. The minimum Gasteiger partial charge on any atom is -0.469 e. The number of benzene rings is 1. The highest BCUT2D eigenvalue weighted by Gasteiger charge is 2.14. The van der Waals surface area contributed by atoms with Gasteiger partial charge >= 0.3 is 5.97 Å². The van der Waals surface area contributed by atoms with Gasteiger partial charge in [-0.1, -0.05) is 13.0 Å². The minimum absolute atomic E-state index is 0.0224. The average molecular weight is 253 g/mol. The average Bonchev–Trinajstić information content (AvgIpc) is 2.29. The monoisotopic (exact) mass is 253 g/mol. The number of thioether (sulfide) groups is 1. The first kappa shape index (κ1) is 13.5. The lowest BCUT2D eigenvalue weighted by molar-refractivity contribution is -0.140. The molecule has 0 aliphatic carbocycles. The van der Waals surface area contributed by atoms with E-state index in [1.54, 1.807) is 12.1 Å². The molecule has 0 aliphatic heterocycles. The van der Waals surface area contributed by atoms with Crippen LogP contribution >= 0.6 is 11.8 Å². The third kappa shape index (κ3) is 3.75. The molecule has 0 heterocycles. The Bertz CT molecular complexity index is 456. The fourth-order valence-corrected chi connectivity index (χ4v) is 2.36. The van der Waals surface area contributed by atoms with E-state index in [2.05, 4.69) is 4.74 Å². The maximum Gasteiger partial charge on any atom is 0.306 e. The van der Waals surface area contributed by atoms with Crippen molar-refractivity contribution in [2.45, 2.75) is 23.5 Å². The van der Waals surface area contributed by atoms with Crippen LogP contribution in [0.3, 0.4) is 0 Å². The molecule has 0 spiro atoms. The number of nitriles is 1. The van der Waals surface area contributed by atoms with E-state index in [1.165, 1.54) is 24.9 Å². The maximum absolute atomic E-state index is 13.3. The molecule has 0 bridgehead atoms. The number of rotatable bonds is 4. The van der Waals surface area contributed by atoms with Crippen LogP contribution in [0.25, 0.3) is 0 Å². The molecule has 0 aliphatic rings. The highest BCUT2D eigenvalue weighted by Crippen LogP contribution is 2.29. The van der Waals surface area contributed by atoms with Crippen LogP contribution < -0.4 is 0 Å². The topological polar surface area (TPSA) is 50.1 Å². The van der Waals surface area contributed by atoms with Gasteiger partial charge in [0.2, 0.25) is 0 Å². The van der Waals surface area contributed by atoms with Gasteiger partial charge in [0, 0.05) is 10.1 Å². The summed E-state index contributed by atoms with van der Waals surface area (Å²) in [5, 5.41) is 8.77. The smallest absolute Gasteiger partial charge is 0.306 e. The number of carbonyl (C=O) groups excluding carboxylic acids is 1. The summed E-state index contributed by atoms with van der Waals surface area (Å²) in [7, 11) is 1.32. The molecule has 90 valence electrons. The molecular formula is C12H12FNO2S. The number of carbonyl (C=O) groups is 1. The zero-order valence-corrected chi connectivity index (χ0v) is 10.4. The van der Waals surface area contributed by atoms with Crippen LogP contribution in [-0.2, 0) is 9.53 Å². The van der Waals surface area contributed by atoms with Crippen molar-refractivity contribution >= 4 is 17.7 Å². The first-order valence-electron chi connectivity index (χ1n) is 5.00. The Hall–Kier alpha value is -1.54. The fourth-order valence-electron chi connectivity index (χ4n) is 1.29. The number of esters is 1. The van der Waals surface area contributed by atoms with Gasteiger partial charge in [-0.05, 0) is 12.1 Å². The van der Waals surface area contributed by atoms with Crippen LogP contribution in [0.4, 0.5) is 4.39 Å². The summed E-state index contributed by atoms with van der Waals surface area (Å²) < 4.78 is 17.8. The van der Waals surface area contributed by atoms with Crippen molar-refractivity contribution in [3.8, 4) is 6.07 Å². The molecule has 0 N–H and O–H groups in total. The van der Waals surface area contributed by atoms with Gasteiger partial charge in [0.15, 0.2) is 0 Å². The highest BCUT2D eigenvalue weighted by molar-refractivity contribution is 8.00. The normalized spacial score (nSPS) is 11.6. The Morgan fingerprint density at radius 3 is 2.94 bits per heavy atom. The molecule has 1 aromatic carbocycles. The SMILES string of the molecule is COC(=O)CC(C)Sc1cccc(F)c1C#N. The van der Waals surface area contributed by atoms with Crippen molar-refractivity contribution in [3.63, 3.8) is 0 Å². The van der Waals surface area contributed by atoms with Crippen molar-refractivity contribution in [3.05, 3.63) is 29.6 Å². The molecule has 0 saturated heterocycles. The van der Waals surface area contributed by atoms with Crippen molar-refractivity contribution < 1.29 is 13.9 Å². The lowest BCUT2D eigenvalue weighted by Crippen LogP contribution is -2.08. The van der Waals surface area contributed by atoms with Crippen LogP contribution in [0.1, 0.15) is 18.9 Å². The number of halogens is 1. The van der Waals surface area contributed by atoms with E-state index < -0.39 is 5.82 Å². The van der Waals surface area contributed by atoms with Gasteiger partial charge in [-0.25, -0.2) is 4.39 Å². The zero-order chi connectivity index (χ0) is 12.8. The highest BCUT2D eigenvalue weighted by atomic mass is 32.2. The number of ether oxygens (including phenoxy) is 1. The summed E-state index contributed by atoms with van der Waals surface area (Å²) in [6.45, 7) is 1.83. The van der Waals surface area contributed by atoms with E-state index in [0.29, 0.717) is 4.90 Å². The first-order valence-corrected chi connectivity index (χ1v) is 5.88. The Kier molecular flexibility index (Phi) is 4.98. The summed E-state index contributed by atoms with van der Waals surface area (Å²) in [6.07, 6.45) is 0.225. The Labute approximate surface area is 104 Å². The largest absolute Gasteiger partial charge is 0.469 e. The van der Waals surface area contributed by atoms with Gasteiger partial charge < -0.3 is 4.74 Å².